The summed E-state index contributed by atoms with van der Waals surface area (Å²) in [5, 5.41) is 10.2. The van der Waals surface area contributed by atoms with E-state index in [1.807, 2.05) is 24.3 Å². The molecule has 32 heavy (non-hydrogen) atoms. The molecule has 0 aliphatic carbocycles. The Morgan fingerprint density at radius 1 is 0.844 bits per heavy atom. The van der Waals surface area contributed by atoms with Crippen molar-refractivity contribution >= 4 is 81.0 Å². The van der Waals surface area contributed by atoms with Gasteiger partial charge in [0.2, 0.25) is 5.91 Å². The summed E-state index contributed by atoms with van der Waals surface area (Å²) in [6, 6.07) is 19.6. The number of Topliss-reactive ketones (excluding diaryl/α,β-unsaturated/α-hetero) is 1. The molecule has 1 amide bonds. The third-order valence-corrected chi connectivity index (χ3v) is 6.15. The number of carbonyl (C=O) groups excluding carboxylic acids is 2. The number of thioether (sulfide) groups is 1. The van der Waals surface area contributed by atoms with Gasteiger partial charge in [-0.05, 0) is 79.8 Å². The van der Waals surface area contributed by atoms with E-state index < -0.39 is 0 Å². The van der Waals surface area contributed by atoms with Gasteiger partial charge < -0.3 is 16.0 Å². The molecule has 0 atom stereocenters. The van der Waals surface area contributed by atoms with Gasteiger partial charge in [0.15, 0.2) is 10.9 Å². The summed E-state index contributed by atoms with van der Waals surface area (Å²) in [4.78, 5) is 24.5. The highest BCUT2D eigenvalue weighted by atomic mass is 35.5. The molecule has 164 valence electrons. The lowest BCUT2D eigenvalue weighted by molar-refractivity contribution is -0.113. The van der Waals surface area contributed by atoms with E-state index in [1.165, 1.54) is 18.7 Å². The Balaban J connectivity index is 1.51. The predicted octanol–water partition coefficient (Wildman–Crippen LogP) is 6.74. The van der Waals surface area contributed by atoms with Crippen LogP contribution in [0.5, 0.6) is 0 Å². The second kappa shape index (κ2) is 11.3. The largest absolute Gasteiger partial charge is 0.332 e. The van der Waals surface area contributed by atoms with Crippen LogP contribution < -0.4 is 16.0 Å². The Bertz CT molecular complexity index is 1150. The van der Waals surface area contributed by atoms with E-state index >= 15 is 0 Å². The standard InChI is InChI=1S/C23H19Cl2N3O2S2/c1-14(29)15-5-7-16(8-6-15)27-23(31)28-17-3-2-4-19(11-17)32-13-22(30)26-18-9-10-20(24)21(25)12-18/h2-12H,13H2,1H3,(H,26,30)(H2,27,28,31). The molecule has 3 aromatic rings. The average molecular weight is 504 g/mol. The molecule has 0 fully saturated rings. The second-order valence-corrected chi connectivity index (χ2v) is 8.98. The third kappa shape index (κ3) is 7.24. The van der Waals surface area contributed by atoms with Crippen LogP contribution in [0.25, 0.3) is 0 Å². The van der Waals surface area contributed by atoms with Crippen LogP contribution in [-0.2, 0) is 4.79 Å². The summed E-state index contributed by atoms with van der Waals surface area (Å²) in [6.07, 6.45) is 0. The maximum atomic E-state index is 12.2. The summed E-state index contributed by atoms with van der Waals surface area (Å²) >= 11 is 18.6. The first-order valence-corrected chi connectivity index (χ1v) is 11.6. The lowest BCUT2D eigenvalue weighted by Crippen LogP contribution is -2.19. The summed E-state index contributed by atoms with van der Waals surface area (Å²) in [5.41, 5.74) is 2.80. The number of halogens is 2. The van der Waals surface area contributed by atoms with E-state index in [9.17, 15) is 9.59 Å². The van der Waals surface area contributed by atoms with Gasteiger partial charge in [-0.25, -0.2) is 0 Å². The average Bonchev–Trinajstić information content (AvgIpc) is 2.75. The smallest absolute Gasteiger partial charge is 0.234 e. The van der Waals surface area contributed by atoms with Crippen molar-refractivity contribution in [1.29, 1.82) is 0 Å². The molecule has 0 saturated carbocycles. The fourth-order valence-electron chi connectivity index (χ4n) is 2.67. The Morgan fingerprint density at radius 3 is 2.19 bits per heavy atom. The lowest BCUT2D eigenvalue weighted by Gasteiger charge is -2.12. The first kappa shape index (κ1) is 24.1. The summed E-state index contributed by atoms with van der Waals surface area (Å²) in [5.74, 6) is 0.0877. The first-order chi connectivity index (χ1) is 15.3. The van der Waals surface area contributed by atoms with Gasteiger partial charge in [-0.3, -0.25) is 9.59 Å². The van der Waals surface area contributed by atoms with E-state index in [0.717, 1.165) is 16.3 Å². The number of anilines is 3. The minimum atomic E-state index is -0.155. The molecule has 0 spiro atoms. The van der Waals surface area contributed by atoms with Crippen molar-refractivity contribution < 1.29 is 9.59 Å². The van der Waals surface area contributed by atoms with Crippen molar-refractivity contribution in [3.05, 3.63) is 82.3 Å². The minimum absolute atomic E-state index is 0.0113. The Hall–Kier alpha value is -2.58. The first-order valence-electron chi connectivity index (χ1n) is 9.47. The van der Waals surface area contributed by atoms with Crippen LogP contribution in [0, 0.1) is 0 Å². The summed E-state index contributed by atoms with van der Waals surface area (Å²) in [6.45, 7) is 1.52. The number of carbonyl (C=O) groups is 2. The van der Waals surface area contributed by atoms with Crippen LogP contribution in [0.3, 0.4) is 0 Å². The van der Waals surface area contributed by atoms with E-state index in [1.54, 1.807) is 42.5 Å². The van der Waals surface area contributed by atoms with E-state index in [-0.39, 0.29) is 17.4 Å². The number of benzene rings is 3. The van der Waals surface area contributed by atoms with Gasteiger partial charge in [-0.15, -0.1) is 11.8 Å². The molecule has 9 heteroatoms. The van der Waals surface area contributed by atoms with Crippen molar-refractivity contribution in [2.24, 2.45) is 0 Å². The quantitative estimate of drug-likeness (QED) is 0.188. The molecule has 5 nitrogen and oxygen atoms in total. The lowest BCUT2D eigenvalue weighted by atomic mass is 10.1. The van der Waals surface area contributed by atoms with Crippen molar-refractivity contribution in [3.63, 3.8) is 0 Å². The minimum Gasteiger partial charge on any atom is -0.332 e. The molecule has 0 aliphatic heterocycles. The molecule has 0 radical (unpaired) electrons. The maximum Gasteiger partial charge on any atom is 0.234 e. The van der Waals surface area contributed by atoms with Gasteiger partial charge in [-0.2, -0.15) is 0 Å². The van der Waals surface area contributed by atoms with Crippen LogP contribution in [0.15, 0.2) is 71.6 Å². The number of nitrogens with one attached hydrogen (secondary N) is 3. The molecule has 0 aromatic heterocycles. The molecule has 0 heterocycles. The number of rotatable bonds is 7. The maximum absolute atomic E-state index is 12.2. The van der Waals surface area contributed by atoms with Crippen molar-refractivity contribution in [3.8, 4) is 0 Å². The Kier molecular flexibility index (Phi) is 8.53. The zero-order valence-electron chi connectivity index (χ0n) is 16.9. The molecule has 0 unspecified atom stereocenters. The van der Waals surface area contributed by atoms with Gasteiger partial charge in [-0.1, -0.05) is 29.3 Å². The SMILES string of the molecule is CC(=O)c1ccc(NC(=S)Nc2cccc(SCC(=O)Nc3ccc(Cl)c(Cl)c3)c2)cc1. The zero-order chi connectivity index (χ0) is 23.1. The molecule has 0 bridgehead atoms. The molecule has 3 aromatic carbocycles. The zero-order valence-corrected chi connectivity index (χ0v) is 20.1. The van der Waals surface area contributed by atoms with Gasteiger partial charge in [0.25, 0.3) is 0 Å². The van der Waals surface area contributed by atoms with Crippen LogP contribution >= 0.6 is 47.2 Å². The molecular formula is C23H19Cl2N3O2S2. The number of hydrogen-bond donors (Lipinski definition) is 3. The summed E-state index contributed by atoms with van der Waals surface area (Å²) < 4.78 is 0. The highest BCUT2D eigenvalue weighted by Gasteiger charge is 2.07. The van der Waals surface area contributed by atoms with Crippen molar-refractivity contribution in [2.75, 3.05) is 21.7 Å². The molecular weight excluding hydrogens is 485 g/mol. The Morgan fingerprint density at radius 2 is 1.50 bits per heavy atom. The predicted molar refractivity (Wildman–Crippen MR) is 139 cm³/mol. The van der Waals surface area contributed by atoms with Crippen molar-refractivity contribution in [1.82, 2.24) is 0 Å². The fourth-order valence-corrected chi connectivity index (χ4v) is 3.95. The molecule has 0 aliphatic rings. The van der Waals surface area contributed by atoms with Crippen LogP contribution in [0.2, 0.25) is 10.0 Å². The third-order valence-electron chi connectivity index (χ3n) is 4.21. The van der Waals surface area contributed by atoms with Gasteiger partial charge in [0, 0.05) is 27.5 Å². The number of hydrogen-bond acceptors (Lipinski definition) is 4. The van der Waals surface area contributed by atoms with Gasteiger partial charge in [0.05, 0.1) is 15.8 Å². The van der Waals surface area contributed by atoms with Gasteiger partial charge >= 0.3 is 0 Å². The topological polar surface area (TPSA) is 70.2 Å². The summed E-state index contributed by atoms with van der Waals surface area (Å²) in [7, 11) is 0. The van der Waals surface area contributed by atoms with E-state index in [0.29, 0.717) is 26.4 Å². The Labute approximate surface area is 205 Å². The van der Waals surface area contributed by atoms with Gasteiger partial charge in [0.1, 0.15) is 0 Å². The number of thiocarbonyl (C=S) groups is 1. The van der Waals surface area contributed by atoms with E-state index in [4.69, 9.17) is 35.4 Å². The van der Waals surface area contributed by atoms with Crippen LogP contribution in [0.4, 0.5) is 17.1 Å². The van der Waals surface area contributed by atoms with E-state index in [2.05, 4.69) is 16.0 Å². The van der Waals surface area contributed by atoms with Crippen molar-refractivity contribution in [2.45, 2.75) is 11.8 Å². The fraction of sp³-hybridized carbons (Fsp3) is 0.0870. The second-order valence-electron chi connectivity index (χ2n) is 6.71. The highest BCUT2D eigenvalue weighted by Crippen LogP contribution is 2.26. The monoisotopic (exact) mass is 503 g/mol. The molecule has 3 N–H and O–H groups in total. The van der Waals surface area contributed by atoms with Crippen LogP contribution in [0.1, 0.15) is 17.3 Å². The van der Waals surface area contributed by atoms with Crippen LogP contribution in [-0.4, -0.2) is 22.6 Å². The number of ketones is 1. The normalized spacial score (nSPS) is 10.3. The molecule has 3 rings (SSSR count). The highest BCUT2D eigenvalue weighted by molar-refractivity contribution is 8.00. The molecule has 0 saturated heterocycles. The number of amides is 1.